The molecule has 2 unspecified atom stereocenters. The molecule has 2 amide bonds. The largest absolute Gasteiger partial charge is 0.342 e. The Morgan fingerprint density at radius 2 is 2.10 bits per heavy atom. The highest BCUT2D eigenvalue weighted by atomic mass is 19.1. The van der Waals surface area contributed by atoms with Gasteiger partial charge in [0.15, 0.2) is 0 Å². The van der Waals surface area contributed by atoms with E-state index in [1.807, 2.05) is 13.8 Å². The first-order chi connectivity index (χ1) is 9.97. The zero-order valence-corrected chi connectivity index (χ0v) is 12.4. The first-order valence-electron chi connectivity index (χ1n) is 7.13. The Labute approximate surface area is 123 Å². The van der Waals surface area contributed by atoms with Crippen molar-refractivity contribution in [3.05, 3.63) is 29.6 Å². The van der Waals surface area contributed by atoms with Crippen LogP contribution in [0.5, 0.6) is 0 Å². The van der Waals surface area contributed by atoms with Crippen molar-refractivity contribution in [2.24, 2.45) is 0 Å². The van der Waals surface area contributed by atoms with Crippen LogP contribution in [0, 0.1) is 5.82 Å². The third-order valence-electron chi connectivity index (χ3n) is 3.71. The molecule has 2 atom stereocenters. The maximum absolute atomic E-state index is 13.4. The molecule has 1 aliphatic heterocycles. The van der Waals surface area contributed by atoms with Gasteiger partial charge in [-0.3, -0.25) is 14.9 Å². The van der Waals surface area contributed by atoms with Crippen molar-refractivity contribution in [3.63, 3.8) is 0 Å². The lowest BCUT2D eigenvalue weighted by molar-refractivity contribution is -0.133. The van der Waals surface area contributed by atoms with Crippen LogP contribution >= 0.6 is 0 Å². The molecule has 2 N–H and O–H groups in total. The van der Waals surface area contributed by atoms with Crippen molar-refractivity contribution in [1.29, 1.82) is 0 Å². The molecular weight excluding hydrogens is 273 g/mol. The summed E-state index contributed by atoms with van der Waals surface area (Å²) in [6, 6.07) is 2.92. The minimum Gasteiger partial charge on any atom is -0.342 e. The number of fused-ring (bicyclic) bond motifs is 1. The second kappa shape index (κ2) is 6.22. The highest BCUT2D eigenvalue weighted by Crippen LogP contribution is 2.31. The predicted molar refractivity (Wildman–Crippen MR) is 78.3 cm³/mol. The van der Waals surface area contributed by atoms with Crippen LogP contribution in [0.15, 0.2) is 18.2 Å². The van der Waals surface area contributed by atoms with Gasteiger partial charge >= 0.3 is 0 Å². The van der Waals surface area contributed by atoms with Crippen LogP contribution in [-0.2, 0) is 9.59 Å². The maximum atomic E-state index is 13.4. The molecular formula is C15H20FN3O2. The van der Waals surface area contributed by atoms with Crippen LogP contribution in [0.25, 0.3) is 0 Å². The summed E-state index contributed by atoms with van der Waals surface area (Å²) in [6.07, 6.45) is 0. The van der Waals surface area contributed by atoms with Gasteiger partial charge in [0.1, 0.15) is 11.9 Å². The van der Waals surface area contributed by atoms with Crippen LogP contribution in [0.1, 0.15) is 32.4 Å². The Morgan fingerprint density at radius 3 is 2.71 bits per heavy atom. The fraction of sp³-hybridized carbons (Fsp3) is 0.467. The van der Waals surface area contributed by atoms with E-state index in [0.29, 0.717) is 24.3 Å². The van der Waals surface area contributed by atoms with Gasteiger partial charge in [0.25, 0.3) is 0 Å². The van der Waals surface area contributed by atoms with Crippen molar-refractivity contribution < 1.29 is 14.0 Å². The number of hydrogen-bond donors (Lipinski definition) is 2. The van der Waals surface area contributed by atoms with Gasteiger partial charge in [0, 0.05) is 24.3 Å². The smallest absolute Gasteiger partial charge is 0.246 e. The van der Waals surface area contributed by atoms with E-state index >= 15 is 0 Å². The molecule has 0 saturated carbocycles. The molecule has 5 nitrogen and oxygen atoms in total. The summed E-state index contributed by atoms with van der Waals surface area (Å²) in [5.41, 5.74) is 1.13. The number of benzene rings is 1. The minimum atomic E-state index is -0.704. The Balaban J connectivity index is 2.15. The molecule has 0 aliphatic carbocycles. The van der Waals surface area contributed by atoms with E-state index in [1.54, 1.807) is 11.8 Å². The second-order valence-electron chi connectivity index (χ2n) is 5.05. The fourth-order valence-electron chi connectivity index (χ4n) is 2.53. The van der Waals surface area contributed by atoms with E-state index in [9.17, 15) is 14.0 Å². The first kappa shape index (κ1) is 15.4. The zero-order valence-electron chi connectivity index (χ0n) is 12.4. The van der Waals surface area contributed by atoms with Gasteiger partial charge in [-0.1, -0.05) is 0 Å². The topological polar surface area (TPSA) is 61.4 Å². The van der Waals surface area contributed by atoms with Crippen LogP contribution in [0.2, 0.25) is 0 Å². The molecule has 1 aromatic carbocycles. The van der Waals surface area contributed by atoms with Gasteiger partial charge < -0.3 is 10.2 Å². The number of likely N-dealkylation sites (N-methyl/N-ethyl adjacent to an activating group) is 1. The third-order valence-corrected chi connectivity index (χ3v) is 3.71. The van der Waals surface area contributed by atoms with Gasteiger partial charge in [-0.2, -0.15) is 0 Å². The van der Waals surface area contributed by atoms with Crippen molar-refractivity contribution in [2.45, 2.75) is 32.9 Å². The lowest BCUT2D eigenvalue weighted by atomic mass is 10.1. The molecule has 0 aromatic heterocycles. The minimum absolute atomic E-state index is 0.0716. The van der Waals surface area contributed by atoms with E-state index in [2.05, 4.69) is 10.6 Å². The number of rotatable bonds is 5. The summed E-state index contributed by atoms with van der Waals surface area (Å²) < 4.78 is 13.4. The average molecular weight is 293 g/mol. The number of carbonyl (C=O) groups is 2. The zero-order chi connectivity index (χ0) is 15.6. The van der Waals surface area contributed by atoms with Gasteiger partial charge in [-0.05, 0) is 39.0 Å². The van der Waals surface area contributed by atoms with Gasteiger partial charge in [-0.15, -0.1) is 0 Å². The Hall–Kier alpha value is -1.95. The molecule has 114 valence electrons. The van der Waals surface area contributed by atoms with Gasteiger partial charge in [-0.25, -0.2) is 4.39 Å². The van der Waals surface area contributed by atoms with Crippen LogP contribution < -0.4 is 10.6 Å². The van der Waals surface area contributed by atoms with Crippen molar-refractivity contribution in [3.8, 4) is 0 Å². The summed E-state index contributed by atoms with van der Waals surface area (Å²) in [5.74, 6) is -0.743. The van der Waals surface area contributed by atoms with Crippen LogP contribution in [0.3, 0.4) is 0 Å². The Kier molecular flexibility index (Phi) is 4.57. The van der Waals surface area contributed by atoms with E-state index in [1.165, 1.54) is 18.2 Å². The summed E-state index contributed by atoms with van der Waals surface area (Å²) in [7, 11) is 0. The molecule has 0 saturated heterocycles. The number of nitrogens with one attached hydrogen (secondary N) is 2. The van der Waals surface area contributed by atoms with E-state index in [-0.39, 0.29) is 11.8 Å². The first-order valence-corrected chi connectivity index (χ1v) is 7.13. The van der Waals surface area contributed by atoms with Crippen molar-refractivity contribution in [2.75, 3.05) is 18.4 Å². The van der Waals surface area contributed by atoms with Gasteiger partial charge in [0.2, 0.25) is 11.8 Å². The molecule has 1 aromatic rings. The molecule has 1 heterocycles. The lowest BCUT2D eigenvalue weighted by Gasteiger charge is -2.25. The van der Waals surface area contributed by atoms with Crippen molar-refractivity contribution >= 4 is 17.5 Å². The quantitative estimate of drug-likeness (QED) is 0.868. The molecule has 6 heteroatoms. The molecule has 21 heavy (non-hydrogen) atoms. The second-order valence-corrected chi connectivity index (χ2v) is 5.05. The summed E-state index contributed by atoms with van der Waals surface area (Å²) in [5, 5.41) is 5.67. The fourth-order valence-corrected chi connectivity index (χ4v) is 2.53. The lowest BCUT2D eigenvalue weighted by Crippen LogP contribution is -2.47. The standard InChI is InChI=1S/C15H20FN3O2/c1-4-19(5-2)15(21)9(3)17-13-11-8-10(16)6-7-12(11)18-14(13)20/h6-9,13,17H,4-5H2,1-3H3,(H,18,20). The Bertz CT molecular complexity index is 558. The van der Waals surface area contributed by atoms with E-state index < -0.39 is 17.9 Å². The molecule has 0 spiro atoms. The molecule has 2 rings (SSSR count). The summed E-state index contributed by atoms with van der Waals surface area (Å²) in [6.45, 7) is 6.75. The third kappa shape index (κ3) is 3.05. The molecule has 1 aliphatic rings. The molecule has 0 bridgehead atoms. The van der Waals surface area contributed by atoms with Crippen LogP contribution in [0.4, 0.5) is 10.1 Å². The SMILES string of the molecule is CCN(CC)C(=O)C(C)NC1C(=O)Nc2ccc(F)cc21. The Morgan fingerprint density at radius 1 is 1.43 bits per heavy atom. The van der Waals surface area contributed by atoms with Crippen LogP contribution in [-0.4, -0.2) is 35.8 Å². The number of nitrogens with zero attached hydrogens (tertiary/aromatic N) is 1. The number of anilines is 1. The average Bonchev–Trinajstić information content (AvgIpc) is 2.76. The number of hydrogen-bond acceptors (Lipinski definition) is 3. The number of carbonyl (C=O) groups excluding carboxylic acids is 2. The highest BCUT2D eigenvalue weighted by molar-refractivity contribution is 6.02. The normalized spacial score (nSPS) is 18.1. The molecule has 0 fully saturated rings. The van der Waals surface area contributed by atoms with Gasteiger partial charge in [0.05, 0.1) is 6.04 Å². The summed E-state index contributed by atoms with van der Waals surface area (Å²) in [4.78, 5) is 25.9. The monoisotopic (exact) mass is 293 g/mol. The molecule has 0 radical (unpaired) electrons. The summed E-state index contributed by atoms with van der Waals surface area (Å²) >= 11 is 0. The number of amides is 2. The van der Waals surface area contributed by atoms with E-state index in [4.69, 9.17) is 0 Å². The highest BCUT2D eigenvalue weighted by Gasteiger charge is 2.33. The maximum Gasteiger partial charge on any atom is 0.246 e. The predicted octanol–water partition coefficient (Wildman–Crippen LogP) is 1.67. The van der Waals surface area contributed by atoms with Crippen molar-refractivity contribution in [1.82, 2.24) is 10.2 Å². The number of halogens is 1. The van der Waals surface area contributed by atoms with E-state index in [0.717, 1.165) is 0 Å².